The molecular weight excluding hydrogens is 269 g/mol. The van der Waals surface area contributed by atoms with E-state index in [1.807, 2.05) is 0 Å². The fourth-order valence-corrected chi connectivity index (χ4v) is 1.61. The van der Waals surface area contributed by atoms with E-state index in [1.165, 1.54) is 31.2 Å². The Bertz CT molecular complexity index is 722. The van der Waals surface area contributed by atoms with Crippen molar-refractivity contribution in [1.82, 2.24) is 0 Å². The second kappa shape index (κ2) is 6.49. The largest absolute Gasteiger partial charge is 0.315 e. The number of halogens is 1. The molecule has 1 amide bonds. The standard InChI is InChI=1S/C17H12FNO2/c1-12(20)14-5-9-16(10-6-14)19-17(21)11-4-13-2-7-15(18)8-3-13/h2-3,5-10H,1H3,(H,19,21). The number of rotatable bonds is 2. The maximum atomic E-state index is 12.7. The van der Waals surface area contributed by atoms with Crippen LogP contribution in [0.4, 0.5) is 10.1 Å². The van der Waals surface area contributed by atoms with Gasteiger partial charge in [0.2, 0.25) is 0 Å². The Balaban J connectivity index is 2.02. The van der Waals surface area contributed by atoms with Gasteiger partial charge in [0.1, 0.15) is 5.82 Å². The molecule has 2 aromatic rings. The van der Waals surface area contributed by atoms with Gasteiger partial charge in [0.15, 0.2) is 5.78 Å². The number of carbonyl (C=O) groups excluding carboxylic acids is 2. The minimum atomic E-state index is -0.477. The first-order valence-corrected chi connectivity index (χ1v) is 6.24. The maximum Gasteiger partial charge on any atom is 0.300 e. The van der Waals surface area contributed by atoms with E-state index in [1.54, 1.807) is 24.3 Å². The summed E-state index contributed by atoms with van der Waals surface area (Å²) in [4.78, 5) is 22.8. The van der Waals surface area contributed by atoms with Crippen LogP contribution in [0, 0.1) is 17.7 Å². The van der Waals surface area contributed by atoms with Crippen molar-refractivity contribution in [2.45, 2.75) is 6.92 Å². The summed E-state index contributed by atoms with van der Waals surface area (Å²) >= 11 is 0. The Kier molecular flexibility index (Phi) is 4.47. The van der Waals surface area contributed by atoms with Crippen molar-refractivity contribution in [3.05, 3.63) is 65.5 Å². The number of ketones is 1. The molecule has 0 aliphatic carbocycles. The van der Waals surface area contributed by atoms with Crippen molar-refractivity contribution in [1.29, 1.82) is 0 Å². The highest BCUT2D eigenvalue weighted by molar-refractivity contribution is 6.04. The lowest BCUT2D eigenvalue weighted by molar-refractivity contribution is -0.111. The molecule has 104 valence electrons. The number of carbonyl (C=O) groups is 2. The normalized spacial score (nSPS) is 9.43. The third-order valence-electron chi connectivity index (χ3n) is 2.71. The predicted molar refractivity (Wildman–Crippen MR) is 78.4 cm³/mol. The molecule has 0 bridgehead atoms. The molecule has 0 unspecified atom stereocenters. The van der Waals surface area contributed by atoms with Gasteiger partial charge in [-0.15, -0.1) is 0 Å². The molecule has 0 heterocycles. The summed E-state index contributed by atoms with van der Waals surface area (Å²) in [5.41, 5.74) is 1.68. The van der Waals surface area contributed by atoms with Gasteiger partial charge >= 0.3 is 5.91 Å². The molecule has 0 fully saturated rings. The monoisotopic (exact) mass is 281 g/mol. The molecule has 0 atom stereocenters. The Morgan fingerprint density at radius 2 is 1.62 bits per heavy atom. The number of nitrogens with one attached hydrogen (secondary N) is 1. The van der Waals surface area contributed by atoms with Gasteiger partial charge < -0.3 is 5.32 Å². The molecule has 0 aromatic heterocycles. The molecular formula is C17H12FNO2. The average Bonchev–Trinajstić information content (AvgIpc) is 2.47. The lowest BCUT2D eigenvalue weighted by Gasteiger charge is -2.01. The molecule has 1 N–H and O–H groups in total. The Morgan fingerprint density at radius 3 is 2.19 bits per heavy atom. The molecule has 0 radical (unpaired) electrons. The smallest absolute Gasteiger partial charge is 0.300 e. The SMILES string of the molecule is CC(=O)c1ccc(NC(=O)C#Cc2ccc(F)cc2)cc1. The molecule has 4 heteroatoms. The zero-order chi connectivity index (χ0) is 15.2. The van der Waals surface area contributed by atoms with Gasteiger partial charge in [-0.25, -0.2) is 4.39 Å². The van der Waals surface area contributed by atoms with Gasteiger partial charge in [0.25, 0.3) is 0 Å². The lowest BCUT2D eigenvalue weighted by atomic mass is 10.1. The average molecular weight is 281 g/mol. The third kappa shape index (κ3) is 4.29. The summed E-state index contributed by atoms with van der Waals surface area (Å²) in [5, 5.41) is 2.59. The van der Waals surface area contributed by atoms with Gasteiger partial charge in [-0.05, 0) is 55.5 Å². The van der Waals surface area contributed by atoms with E-state index in [2.05, 4.69) is 17.2 Å². The van der Waals surface area contributed by atoms with Crippen LogP contribution in [0.2, 0.25) is 0 Å². The van der Waals surface area contributed by atoms with Crippen LogP contribution in [0.5, 0.6) is 0 Å². The number of hydrogen-bond donors (Lipinski definition) is 1. The molecule has 2 rings (SSSR count). The van der Waals surface area contributed by atoms with Crippen molar-refractivity contribution < 1.29 is 14.0 Å². The summed E-state index contributed by atoms with van der Waals surface area (Å²) in [6.45, 7) is 1.47. The fraction of sp³-hybridized carbons (Fsp3) is 0.0588. The molecule has 21 heavy (non-hydrogen) atoms. The highest BCUT2D eigenvalue weighted by Gasteiger charge is 2.01. The molecule has 0 saturated heterocycles. The van der Waals surface area contributed by atoms with E-state index in [0.29, 0.717) is 16.8 Å². The number of anilines is 1. The van der Waals surface area contributed by atoms with Crippen molar-refractivity contribution in [3.63, 3.8) is 0 Å². The van der Waals surface area contributed by atoms with Crippen molar-refractivity contribution in [3.8, 4) is 11.8 Å². The maximum absolute atomic E-state index is 12.7. The van der Waals surface area contributed by atoms with Crippen LogP contribution in [-0.2, 0) is 4.79 Å². The predicted octanol–water partition coefficient (Wildman–Crippen LogP) is 3.02. The topological polar surface area (TPSA) is 46.2 Å². The van der Waals surface area contributed by atoms with Crippen LogP contribution >= 0.6 is 0 Å². The molecule has 0 aliphatic rings. The number of Topliss-reactive ketones (excluding diaryl/α,β-unsaturated/α-hetero) is 1. The summed E-state index contributed by atoms with van der Waals surface area (Å²) < 4.78 is 12.7. The first-order valence-electron chi connectivity index (χ1n) is 6.24. The van der Waals surface area contributed by atoms with Crippen molar-refractivity contribution >= 4 is 17.4 Å². The van der Waals surface area contributed by atoms with Crippen LogP contribution in [0.1, 0.15) is 22.8 Å². The summed E-state index contributed by atoms with van der Waals surface area (Å²) in [6.07, 6.45) is 0. The zero-order valence-corrected chi connectivity index (χ0v) is 11.3. The summed E-state index contributed by atoms with van der Waals surface area (Å²) in [5.74, 6) is 4.19. The minimum absolute atomic E-state index is 0.0380. The number of hydrogen-bond acceptors (Lipinski definition) is 2. The first kappa shape index (κ1) is 14.5. The van der Waals surface area contributed by atoms with Crippen LogP contribution < -0.4 is 5.32 Å². The van der Waals surface area contributed by atoms with E-state index in [0.717, 1.165) is 0 Å². The van der Waals surface area contributed by atoms with Gasteiger partial charge in [0, 0.05) is 22.7 Å². The molecule has 2 aromatic carbocycles. The Hall–Kier alpha value is -2.93. The molecule has 0 aliphatic heterocycles. The molecule has 3 nitrogen and oxygen atoms in total. The minimum Gasteiger partial charge on any atom is -0.315 e. The van der Waals surface area contributed by atoms with E-state index >= 15 is 0 Å². The second-order valence-corrected chi connectivity index (χ2v) is 4.34. The van der Waals surface area contributed by atoms with Crippen LogP contribution in [0.15, 0.2) is 48.5 Å². The lowest BCUT2D eigenvalue weighted by Crippen LogP contribution is -2.08. The summed E-state index contributed by atoms with van der Waals surface area (Å²) in [7, 11) is 0. The highest BCUT2D eigenvalue weighted by atomic mass is 19.1. The Labute approximate surface area is 121 Å². The fourth-order valence-electron chi connectivity index (χ4n) is 1.61. The van der Waals surface area contributed by atoms with E-state index in [9.17, 15) is 14.0 Å². The molecule has 0 spiro atoms. The van der Waals surface area contributed by atoms with Gasteiger partial charge in [0.05, 0.1) is 0 Å². The summed E-state index contributed by atoms with van der Waals surface area (Å²) in [6, 6.07) is 12.1. The van der Waals surface area contributed by atoms with Gasteiger partial charge in [-0.3, -0.25) is 9.59 Å². The van der Waals surface area contributed by atoms with Crippen LogP contribution in [0.25, 0.3) is 0 Å². The van der Waals surface area contributed by atoms with E-state index < -0.39 is 5.91 Å². The highest BCUT2D eigenvalue weighted by Crippen LogP contribution is 2.09. The number of benzene rings is 2. The van der Waals surface area contributed by atoms with Crippen molar-refractivity contribution in [2.75, 3.05) is 5.32 Å². The number of amides is 1. The quantitative estimate of drug-likeness (QED) is 0.679. The third-order valence-corrected chi connectivity index (χ3v) is 2.71. The first-order chi connectivity index (χ1) is 10.0. The second-order valence-electron chi connectivity index (χ2n) is 4.34. The zero-order valence-electron chi connectivity index (χ0n) is 11.3. The molecule has 0 saturated carbocycles. The van der Waals surface area contributed by atoms with Crippen LogP contribution in [-0.4, -0.2) is 11.7 Å². The Morgan fingerprint density at radius 1 is 1.00 bits per heavy atom. The van der Waals surface area contributed by atoms with Crippen molar-refractivity contribution in [2.24, 2.45) is 0 Å². The van der Waals surface area contributed by atoms with Crippen LogP contribution in [0.3, 0.4) is 0 Å². The van der Waals surface area contributed by atoms with E-state index in [4.69, 9.17) is 0 Å². The van der Waals surface area contributed by atoms with E-state index in [-0.39, 0.29) is 11.6 Å². The van der Waals surface area contributed by atoms with Gasteiger partial charge in [-0.1, -0.05) is 5.92 Å². The van der Waals surface area contributed by atoms with Gasteiger partial charge in [-0.2, -0.15) is 0 Å².